The van der Waals surface area contributed by atoms with Gasteiger partial charge in [0, 0.05) is 5.69 Å². The van der Waals surface area contributed by atoms with Gasteiger partial charge in [-0.15, -0.1) is 0 Å². The summed E-state index contributed by atoms with van der Waals surface area (Å²) in [6.45, 7) is 0.193. The molecule has 98 valence electrons. The number of ether oxygens (including phenoxy) is 1. The van der Waals surface area contributed by atoms with Gasteiger partial charge in [0.1, 0.15) is 12.4 Å². The highest BCUT2D eigenvalue weighted by molar-refractivity contribution is 6.32. The molecule has 4 nitrogen and oxygen atoms in total. The minimum Gasteiger partial charge on any atom is -0.506 e. The van der Waals surface area contributed by atoms with E-state index >= 15 is 0 Å². The molecule has 2 aromatic rings. The van der Waals surface area contributed by atoms with Gasteiger partial charge < -0.3 is 9.84 Å². The van der Waals surface area contributed by atoms with Crippen LogP contribution >= 0.6 is 11.6 Å². The summed E-state index contributed by atoms with van der Waals surface area (Å²) in [5.41, 5.74) is 1.36. The first-order valence-electron chi connectivity index (χ1n) is 5.61. The Morgan fingerprint density at radius 3 is 2.63 bits per heavy atom. The van der Waals surface area contributed by atoms with E-state index in [9.17, 15) is 9.90 Å². The molecule has 2 aromatic carbocycles. The van der Waals surface area contributed by atoms with E-state index in [0.717, 1.165) is 5.56 Å². The number of hydrogen-bond donors (Lipinski definition) is 2. The van der Waals surface area contributed by atoms with Crippen molar-refractivity contribution in [3.05, 3.63) is 59.1 Å². The Labute approximate surface area is 115 Å². The van der Waals surface area contributed by atoms with Crippen molar-refractivity contribution in [2.24, 2.45) is 0 Å². The Balaban J connectivity index is 1.89. The summed E-state index contributed by atoms with van der Waals surface area (Å²) in [6.07, 6.45) is -0.578. The van der Waals surface area contributed by atoms with Gasteiger partial charge in [-0.3, -0.25) is 5.32 Å². The van der Waals surface area contributed by atoms with Crippen LogP contribution in [0.2, 0.25) is 5.02 Å². The minimum absolute atomic E-state index is 0.0372. The van der Waals surface area contributed by atoms with Gasteiger partial charge in [-0.05, 0) is 23.8 Å². The summed E-state index contributed by atoms with van der Waals surface area (Å²) < 4.78 is 5.05. The van der Waals surface area contributed by atoms with E-state index in [0.29, 0.717) is 5.69 Å². The Kier molecular flexibility index (Phi) is 4.26. The predicted octanol–water partition coefficient (Wildman–Crippen LogP) is 3.79. The van der Waals surface area contributed by atoms with Gasteiger partial charge in [0.05, 0.1) is 5.02 Å². The standard InChI is InChI=1S/C14H12ClNO3/c15-12-8-11(6-7-13(12)17)16-14(18)19-9-10-4-2-1-3-5-10/h1-8,17H,9H2,(H,16,18). The van der Waals surface area contributed by atoms with Gasteiger partial charge in [0.25, 0.3) is 0 Å². The molecule has 0 aliphatic carbocycles. The third-order valence-corrected chi connectivity index (χ3v) is 2.71. The van der Waals surface area contributed by atoms with E-state index in [1.807, 2.05) is 30.3 Å². The molecule has 0 aliphatic heterocycles. The van der Waals surface area contributed by atoms with Crippen LogP contribution in [0.5, 0.6) is 5.75 Å². The van der Waals surface area contributed by atoms with Crippen LogP contribution in [0.15, 0.2) is 48.5 Å². The number of halogens is 1. The van der Waals surface area contributed by atoms with Gasteiger partial charge in [0.15, 0.2) is 0 Å². The van der Waals surface area contributed by atoms with E-state index in [-0.39, 0.29) is 17.4 Å². The number of aromatic hydroxyl groups is 1. The van der Waals surface area contributed by atoms with Crippen molar-refractivity contribution in [1.29, 1.82) is 0 Å². The number of carbonyl (C=O) groups excluding carboxylic acids is 1. The van der Waals surface area contributed by atoms with Gasteiger partial charge >= 0.3 is 6.09 Å². The van der Waals surface area contributed by atoms with Crippen molar-refractivity contribution in [3.8, 4) is 5.75 Å². The summed E-state index contributed by atoms with van der Waals surface area (Å²) in [5, 5.41) is 11.9. The third kappa shape index (κ3) is 3.89. The molecular weight excluding hydrogens is 266 g/mol. The van der Waals surface area contributed by atoms with Crippen molar-refractivity contribution in [1.82, 2.24) is 0 Å². The maximum Gasteiger partial charge on any atom is 0.411 e. The molecule has 0 atom stereocenters. The van der Waals surface area contributed by atoms with Crippen LogP contribution in [0.25, 0.3) is 0 Å². The van der Waals surface area contributed by atoms with Crippen LogP contribution in [-0.4, -0.2) is 11.2 Å². The first-order valence-corrected chi connectivity index (χ1v) is 5.99. The normalized spacial score (nSPS) is 9.95. The number of amides is 1. The van der Waals surface area contributed by atoms with E-state index in [1.165, 1.54) is 18.2 Å². The number of phenolic OH excluding ortho intramolecular Hbond substituents is 1. The van der Waals surface area contributed by atoms with E-state index < -0.39 is 6.09 Å². The summed E-state index contributed by atoms with van der Waals surface area (Å²) in [6, 6.07) is 13.7. The maximum atomic E-state index is 11.5. The molecule has 0 saturated heterocycles. The number of nitrogens with one attached hydrogen (secondary N) is 1. The highest BCUT2D eigenvalue weighted by Gasteiger charge is 2.05. The Morgan fingerprint density at radius 1 is 1.21 bits per heavy atom. The molecule has 0 fully saturated rings. The zero-order valence-electron chi connectivity index (χ0n) is 9.97. The molecule has 0 unspecified atom stereocenters. The fraction of sp³-hybridized carbons (Fsp3) is 0.0714. The van der Waals surface area contributed by atoms with Crippen molar-refractivity contribution < 1.29 is 14.6 Å². The summed E-state index contributed by atoms with van der Waals surface area (Å²) in [4.78, 5) is 11.5. The Hall–Kier alpha value is -2.20. The highest BCUT2D eigenvalue weighted by Crippen LogP contribution is 2.26. The third-order valence-electron chi connectivity index (χ3n) is 2.41. The second kappa shape index (κ2) is 6.11. The van der Waals surface area contributed by atoms with Crippen LogP contribution in [0.3, 0.4) is 0 Å². The Bertz CT molecular complexity index is 572. The number of rotatable bonds is 3. The fourth-order valence-electron chi connectivity index (χ4n) is 1.46. The zero-order valence-corrected chi connectivity index (χ0v) is 10.7. The van der Waals surface area contributed by atoms with Crippen LogP contribution in [0, 0.1) is 0 Å². The predicted molar refractivity (Wildman–Crippen MR) is 73.4 cm³/mol. The first-order chi connectivity index (χ1) is 9.15. The molecule has 0 aliphatic rings. The maximum absolute atomic E-state index is 11.5. The van der Waals surface area contributed by atoms with Crippen LogP contribution in [-0.2, 0) is 11.3 Å². The molecule has 2 N–H and O–H groups in total. The van der Waals surface area contributed by atoms with E-state index in [1.54, 1.807) is 0 Å². The molecule has 0 heterocycles. The second-order valence-corrected chi connectivity index (χ2v) is 4.26. The lowest BCUT2D eigenvalue weighted by atomic mass is 10.2. The summed E-state index contributed by atoms with van der Waals surface area (Å²) in [5.74, 6) is -0.0372. The van der Waals surface area contributed by atoms with Crippen LogP contribution in [0.1, 0.15) is 5.56 Å². The number of benzene rings is 2. The summed E-state index contributed by atoms with van der Waals surface area (Å²) >= 11 is 5.73. The first kappa shape index (κ1) is 13.2. The quantitative estimate of drug-likeness (QED) is 0.839. The highest BCUT2D eigenvalue weighted by atomic mass is 35.5. The van der Waals surface area contributed by atoms with Crippen molar-refractivity contribution >= 4 is 23.4 Å². The van der Waals surface area contributed by atoms with Crippen LogP contribution < -0.4 is 5.32 Å². The topological polar surface area (TPSA) is 58.6 Å². The lowest BCUT2D eigenvalue weighted by Crippen LogP contribution is -2.13. The second-order valence-electron chi connectivity index (χ2n) is 3.85. The molecule has 0 aromatic heterocycles. The van der Waals surface area contributed by atoms with Gasteiger partial charge in [-0.25, -0.2) is 4.79 Å². The van der Waals surface area contributed by atoms with Crippen LogP contribution in [0.4, 0.5) is 10.5 Å². The van der Waals surface area contributed by atoms with Crippen molar-refractivity contribution in [3.63, 3.8) is 0 Å². The molecule has 0 spiro atoms. The Morgan fingerprint density at radius 2 is 1.95 bits per heavy atom. The van der Waals surface area contributed by atoms with Crippen molar-refractivity contribution in [2.45, 2.75) is 6.61 Å². The van der Waals surface area contributed by atoms with Gasteiger partial charge in [-0.2, -0.15) is 0 Å². The number of anilines is 1. The molecule has 19 heavy (non-hydrogen) atoms. The van der Waals surface area contributed by atoms with Gasteiger partial charge in [0.2, 0.25) is 0 Å². The average molecular weight is 278 g/mol. The number of phenols is 1. The van der Waals surface area contributed by atoms with Crippen molar-refractivity contribution in [2.75, 3.05) is 5.32 Å². The molecule has 0 saturated carbocycles. The molecule has 5 heteroatoms. The largest absolute Gasteiger partial charge is 0.506 e. The van der Waals surface area contributed by atoms with Gasteiger partial charge in [-0.1, -0.05) is 41.9 Å². The molecule has 0 radical (unpaired) electrons. The monoisotopic (exact) mass is 277 g/mol. The lowest BCUT2D eigenvalue weighted by Gasteiger charge is -2.07. The lowest BCUT2D eigenvalue weighted by molar-refractivity contribution is 0.155. The zero-order chi connectivity index (χ0) is 13.7. The average Bonchev–Trinajstić information content (AvgIpc) is 2.42. The minimum atomic E-state index is -0.578. The smallest absolute Gasteiger partial charge is 0.411 e. The molecular formula is C14H12ClNO3. The molecule has 0 bridgehead atoms. The molecule has 1 amide bonds. The fourth-order valence-corrected chi connectivity index (χ4v) is 1.64. The molecule has 2 rings (SSSR count). The van der Waals surface area contributed by atoms with E-state index in [2.05, 4.69) is 5.32 Å². The SMILES string of the molecule is O=C(Nc1ccc(O)c(Cl)c1)OCc1ccccc1. The number of carbonyl (C=O) groups is 1. The summed E-state index contributed by atoms with van der Waals surface area (Å²) in [7, 11) is 0. The number of hydrogen-bond acceptors (Lipinski definition) is 3. The van der Waals surface area contributed by atoms with E-state index in [4.69, 9.17) is 16.3 Å².